The van der Waals surface area contributed by atoms with Crippen LogP contribution in [0.15, 0.2) is 18.2 Å². The van der Waals surface area contributed by atoms with E-state index in [0.29, 0.717) is 17.7 Å². The van der Waals surface area contributed by atoms with E-state index in [1.165, 1.54) is 0 Å². The zero-order valence-electron chi connectivity index (χ0n) is 14.4. The minimum Gasteiger partial charge on any atom is -0.494 e. The first kappa shape index (κ1) is 16.4. The van der Waals surface area contributed by atoms with Crippen LogP contribution in [0.2, 0.25) is 0 Å². The average Bonchev–Trinajstić information content (AvgIpc) is 2.56. The summed E-state index contributed by atoms with van der Waals surface area (Å²) < 4.78 is 5.38. The lowest BCUT2D eigenvalue weighted by Crippen LogP contribution is -2.45. The van der Waals surface area contributed by atoms with Crippen LogP contribution in [0.4, 0.5) is 5.95 Å². The van der Waals surface area contributed by atoms with Crippen molar-refractivity contribution in [1.29, 1.82) is 5.41 Å². The number of para-hydroxylation sites is 1. The van der Waals surface area contributed by atoms with Gasteiger partial charge in [0.05, 0.1) is 12.8 Å². The summed E-state index contributed by atoms with van der Waals surface area (Å²) in [5.41, 5.74) is 1.61. The lowest BCUT2D eigenvalue weighted by Gasteiger charge is -2.30. The highest BCUT2D eigenvalue weighted by atomic mass is 16.5. The van der Waals surface area contributed by atoms with E-state index in [1.54, 1.807) is 7.11 Å². The second-order valence-corrected chi connectivity index (χ2v) is 6.21. The first-order chi connectivity index (χ1) is 11.6. The molecule has 0 amide bonds. The molecule has 0 aliphatic carbocycles. The molecule has 3 N–H and O–H groups in total. The van der Waals surface area contributed by atoms with Crippen molar-refractivity contribution in [3.63, 3.8) is 0 Å². The van der Waals surface area contributed by atoms with Crippen molar-refractivity contribution < 1.29 is 4.74 Å². The summed E-state index contributed by atoms with van der Waals surface area (Å²) in [5.74, 6) is 1.35. The Hall–Kier alpha value is -2.41. The van der Waals surface area contributed by atoms with E-state index < -0.39 is 0 Å². The minimum absolute atomic E-state index is 0.234. The number of hydrogen-bond donors (Lipinski definition) is 3. The highest BCUT2D eigenvalue weighted by Gasteiger charge is 2.18. The van der Waals surface area contributed by atoms with Crippen LogP contribution in [0, 0.1) is 12.3 Å². The number of benzene rings is 1. The maximum atomic E-state index is 8.14. The average molecular weight is 328 g/mol. The first-order valence-electron chi connectivity index (χ1n) is 8.19. The number of nitrogens with one attached hydrogen (secondary N) is 3. The summed E-state index contributed by atoms with van der Waals surface area (Å²) in [6.07, 6.45) is 2.07. The van der Waals surface area contributed by atoms with Gasteiger partial charge in [-0.25, -0.2) is 9.97 Å². The number of aryl methyl sites for hydroxylation is 1. The van der Waals surface area contributed by atoms with Crippen LogP contribution >= 0.6 is 0 Å². The number of nitrogens with zero attached hydrogens (tertiary/aromatic N) is 3. The van der Waals surface area contributed by atoms with E-state index in [1.807, 2.05) is 25.1 Å². The largest absolute Gasteiger partial charge is 0.494 e. The molecule has 24 heavy (non-hydrogen) atoms. The maximum absolute atomic E-state index is 8.14. The first-order valence-corrected chi connectivity index (χ1v) is 8.19. The van der Waals surface area contributed by atoms with Crippen molar-refractivity contribution in [2.45, 2.75) is 25.8 Å². The molecule has 0 spiro atoms. The van der Waals surface area contributed by atoms with Gasteiger partial charge in [-0.2, -0.15) is 0 Å². The van der Waals surface area contributed by atoms with Gasteiger partial charge in [-0.3, -0.25) is 10.7 Å². The molecule has 0 unspecified atom stereocenters. The van der Waals surface area contributed by atoms with Crippen molar-refractivity contribution in [2.24, 2.45) is 0 Å². The standard InChI is InChI=1S/C17H24N6O/c1-11-13-5-4-6-14(24-3)15(13)21-17(19-11)22-16(18)20-12-7-9-23(2)10-8-12/h4-6,12H,7-10H2,1-3H3,(H3,18,19,20,21,22). The third-order valence-corrected chi connectivity index (χ3v) is 4.40. The molecule has 128 valence electrons. The number of piperidine rings is 1. The number of guanidine groups is 1. The molecule has 7 nitrogen and oxygen atoms in total. The second kappa shape index (κ2) is 7.00. The summed E-state index contributed by atoms with van der Waals surface area (Å²) >= 11 is 0. The van der Waals surface area contributed by atoms with Gasteiger partial charge in [0.2, 0.25) is 5.95 Å². The van der Waals surface area contributed by atoms with Crippen LogP contribution in [0.5, 0.6) is 5.75 Å². The number of anilines is 1. The Kier molecular flexibility index (Phi) is 4.80. The molecule has 2 aromatic rings. The molecule has 0 atom stereocenters. The molecule has 0 saturated carbocycles. The molecule has 1 aromatic carbocycles. The van der Waals surface area contributed by atoms with Gasteiger partial charge in [0.15, 0.2) is 5.96 Å². The summed E-state index contributed by atoms with van der Waals surface area (Å²) in [6, 6.07) is 6.09. The molecule has 1 saturated heterocycles. The van der Waals surface area contributed by atoms with Crippen molar-refractivity contribution in [2.75, 3.05) is 32.6 Å². The van der Waals surface area contributed by atoms with E-state index in [-0.39, 0.29) is 5.96 Å². The van der Waals surface area contributed by atoms with E-state index in [4.69, 9.17) is 10.1 Å². The number of aromatic nitrogens is 2. The van der Waals surface area contributed by atoms with Gasteiger partial charge in [0.25, 0.3) is 0 Å². The van der Waals surface area contributed by atoms with Crippen LogP contribution in [-0.4, -0.2) is 54.1 Å². The summed E-state index contributed by atoms with van der Waals surface area (Å²) in [7, 11) is 3.75. The molecule has 7 heteroatoms. The quantitative estimate of drug-likeness (QED) is 0.590. The molecule has 0 radical (unpaired) electrons. The molecule has 2 heterocycles. The highest BCUT2D eigenvalue weighted by molar-refractivity contribution is 5.92. The van der Waals surface area contributed by atoms with Crippen LogP contribution in [0.1, 0.15) is 18.5 Å². The fourth-order valence-electron chi connectivity index (χ4n) is 3.01. The topological polar surface area (TPSA) is 86.2 Å². The number of methoxy groups -OCH3 is 1. The highest BCUT2D eigenvalue weighted by Crippen LogP contribution is 2.26. The van der Waals surface area contributed by atoms with E-state index in [0.717, 1.165) is 42.5 Å². The molecule has 0 bridgehead atoms. The predicted molar refractivity (Wildman–Crippen MR) is 95.8 cm³/mol. The Morgan fingerprint density at radius 3 is 2.75 bits per heavy atom. The van der Waals surface area contributed by atoms with Gasteiger partial charge in [-0.05, 0) is 46.0 Å². The Labute approximate surface area is 141 Å². The molecule has 1 aliphatic heterocycles. The fourth-order valence-corrected chi connectivity index (χ4v) is 3.01. The van der Waals surface area contributed by atoms with E-state index in [9.17, 15) is 0 Å². The van der Waals surface area contributed by atoms with Crippen LogP contribution in [0.25, 0.3) is 10.9 Å². The molecule has 1 fully saturated rings. The number of likely N-dealkylation sites (tertiary alicyclic amines) is 1. The van der Waals surface area contributed by atoms with Crippen molar-refractivity contribution >= 4 is 22.8 Å². The van der Waals surface area contributed by atoms with Crippen LogP contribution < -0.4 is 15.4 Å². The Morgan fingerprint density at radius 1 is 1.29 bits per heavy atom. The third-order valence-electron chi connectivity index (χ3n) is 4.40. The van der Waals surface area contributed by atoms with Crippen LogP contribution in [0.3, 0.4) is 0 Å². The normalized spacial score (nSPS) is 16.1. The number of rotatable bonds is 3. The molecule has 1 aliphatic rings. The Bertz CT molecular complexity index is 739. The van der Waals surface area contributed by atoms with Gasteiger partial charge >= 0.3 is 0 Å². The van der Waals surface area contributed by atoms with Crippen LogP contribution in [-0.2, 0) is 0 Å². The van der Waals surface area contributed by atoms with Crippen molar-refractivity contribution in [1.82, 2.24) is 20.2 Å². The number of ether oxygens (including phenoxy) is 1. The van der Waals surface area contributed by atoms with Gasteiger partial charge < -0.3 is 15.0 Å². The molecule has 3 rings (SSSR count). The van der Waals surface area contributed by atoms with Crippen molar-refractivity contribution in [3.8, 4) is 5.75 Å². The molecular formula is C17H24N6O. The lowest BCUT2D eigenvalue weighted by molar-refractivity contribution is 0.247. The molecular weight excluding hydrogens is 304 g/mol. The summed E-state index contributed by atoms with van der Waals surface area (Å²) in [5, 5.41) is 15.3. The second-order valence-electron chi connectivity index (χ2n) is 6.21. The summed E-state index contributed by atoms with van der Waals surface area (Å²) in [6.45, 7) is 4.03. The Morgan fingerprint density at radius 2 is 2.04 bits per heavy atom. The smallest absolute Gasteiger partial charge is 0.230 e. The monoisotopic (exact) mass is 328 g/mol. The lowest BCUT2D eigenvalue weighted by atomic mass is 10.1. The van der Waals surface area contributed by atoms with E-state index in [2.05, 4.69) is 32.5 Å². The molecule has 1 aromatic heterocycles. The van der Waals surface area contributed by atoms with Gasteiger partial charge in [-0.1, -0.05) is 12.1 Å². The third kappa shape index (κ3) is 3.56. The Balaban J connectivity index is 1.74. The SMILES string of the molecule is COc1cccc2c(C)nc(NC(=N)NC3CCN(C)CC3)nc12. The summed E-state index contributed by atoms with van der Waals surface area (Å²) in [4.78, 5) is 11.3. The van der Waals surface area contributed by atoms with E-state index >= 15 is 0 Å². The minimum atomic E-state index is 0.234. The fraction of sp³-hybridized carbons (Fsp3) is 0.471. The maximum Gasteiger partial charge on any atom is 0.230 e. The zero-order chi connectivity index (χ0) is 17.1. The predicted octanol–water partition coefficient (Wildman–Crippen LogP) is 1.98. The van der Waals surface area contributed by atoms with Gasteiger partial charge in [0.1, 0.15) is 11.3 Å². The zero-order valence-corrected chi connectivity index (χ0v) is 14.4. The van der Waals surface area contributed by atoms with Gasteiger partial charge in [0, 0.05) is 11.4 Å². The van der Waals surface area contributed by atoms with Crippen molar-refractivity contribution in [3.05, 3.63) is 23.9 Å². The van der Waals surface area contributed by atoms with Gasteiger partial charge in [-0.15, -0.1) is 0 Å². The number of hydrogen-bond acceptors (Lipinski definition) is 5. The number of fused-ring (bicyclic) bond motifs is 1.